The van der Waals surface area contributed by atoms with Crippen molar-refractivity contribution >= 4 is 0 Å². The number of hydrazine groups is 1. The second-order valence-corrected chi connectivity index (χ2v) is 6.74. The monoisotopic (exact) mass is 388 g/mol. The molecule has 2 aliphatic heterocycles. The van der Waals surface area contributed by atoms with Crippen molar-refractivity contribution in [3.05, 3.63) is 35.4 Å². The fourth-order valence-corrected chi connectivity index (χ4v) is 3.94. The summed E-state index contributed by atoms with van der Waals surface area (Å²) in [5.74, 6) is 9.52. The van der Waals surface area contributed by atoms with Crippen molar-refractivity contribution in [2.75, 3.05) is 28.1 Å². The highest BCUT2D eigenvalue weighted by Crippen LogP contribution is 2.51. The normalized spacial score (nSPS) is 22.2. The third-order valence-electron chi connectivity index (χ3n) is 5.31. The molecule has 0 aliphatic carbocycles. The number of ether oxygens (including phenoxy) is 6. The average molecular weight is 388 g/mol. The second-order valence-electron chi connectivity index (χ2n) is 6.74. The Morgan fingerprint density at radius 1 is 0.929 bits per heavy atom. The van der Waals surface area contributed by atoms with Crippen LogP contribution in [0, 0.1) is 5.92 Å². The van der Waals surface area contributed by atoms with Gasteiger partial charge in [-0.15, -0.1) is 0 Å². The van der Waals surface area contributed by atoms with Gasteiger partial charge in [-0.3, -0.25) is 5.84 Å². The molecule has 3 atom stereocenters. The number of fused-ring (bicyclic) bond motifs is 2. The van der Waals surface area contributed by atoms with Gasteiger partial charge in [0.15, 0.2) is 29.2 Å². The fraction of sp³-hybridized carbons (Fsp3) is 0.400. The topological polar surface area (TPSA) is 93.4 Å². The van der Waals surface area contributed by atoms with E-state index in [1.807, 2.05) is 24.3 Å². The van der Waals surface area contributed by atoms with Crippen molar-refractivity contribution in [3.63, 3.8) is 0 Å². The van der Waals surface area contributed by atoms with Crippen LogP contribution in [0.3, 0.4) is 0 Å². The van der Waals surface area contributed by atoms with E-state index in [1.165, 1.54) is 0 Å². The van der Waals surface area contributed by atoms with Crippen LogP contribution in [0.15, 0.2) is 24.3 Å². The minimum atomic E-state index is -0.378. The lowest BCUT2D eigenvalue weighted by molar-refractivity contribution is 0.0795. The molecular formula is C20H24N2O6. The van der Waals surface area contributed by atoms with Crippen LogP contribution < -0.4 is 39.7 Å². The van der Waals surface area contributed by atoms with Crippen molar-refractivity contribution in [3.8, 4) is 34.5 Å². The Morgan fingerprint density at radius 2 is 1.57 bits per heavy atom. The summed E-state index contributed by atoms with van der Waals surface area (Å²) in [4.78, 5) is 0. The zero-order valence-electron chi connectivity index (χ0n) is 16.3. The van der Waals surface area contributed by atoms with Crippen LogP contribution in [0.25, 0.3) is 0 Å². The number of nitrogens with two attached hydrogens (primary N) is 1. The van der Waals surface area contributed by atoms with Crippen LogP contribution in [0.5, 0.6) is 34.5 Å². The SMILES string of the molecule is COc1cc([C@H]2c3cc4c(cc3O[C@H](NN)[C@@H]2C)OCO4)cc(OC)c1OC. The molecule has 0 radical (unpaired) electrons. The second kappa shape index (κ2) is 7.29. The summed E-state index contributed by atoms with van der Waals surface area (Å²) < 4.78 is 33.7. The Kier molecular flexibility index (Phi) is 4.82. The molecule has 8 heteroatoms. The molecule has 3 N–H and O–H groups in total. The van der Waals surface area contributed by atoms with E-state index in [-0.39, 0.29) is 24.9 Å². The molecule has 0 saturated carbocycles. The lowest BCUT2D eigenvalue weighted by Crippen LogP contribution is -2.48. The average Bonchev–Trinajstić information content (AvgIpc) is 3.18. The van der Waals surface area contributed by atoms with Crippen molar-refractivity contribution in [2.24, 2.45) is 11.8 Å². The molecule has 0 saturated heterocycles. The summed E-state index contributed by atoms with van der Waals surface area (Å²) in [6, 6.07) is 7.72. The highest BCUT2D eigenvalue weighted by molar-refractivity contribution is 5.60. The van der Waals surface area contributed by atoms with Gasteiger partial charge >= 0.3 is 0 Å². The van der Waals surface area contributed by atoms with Gasteiger partial charge < -0.3 is 28.4 Å². The summed E-state index contributed by atoms with van der Waals surface area (Å²) in [5, 5.41) is 0. The van der Waals surface area contributed by atoms with E-state index >= 15 is 0 Å². The van der Waals surface area contributed by atoms with Crippen molar-refractivity contribution in [1.29, 1.82) is 0 Å². The van der Waals surface area contributed by atoms with Gasteiger partial charge in [0.05, 0.1) is 21.3 Å². The van der Waals surface area contributed by atoms with Crippen molar-refractivity contribution in [1.82, 2.24) is 5.43 Å². The molecule has 0 spiro atoms. The van der Waals surface area contributed by atoms with Crippen LogP contribution >= 0.6 is 0 Å². The van der Waals surface area contributed by atoms with Crippen LogP contribution in [-0.2, 0) is 0 Å². The lowest BCUT2D eigenvalue weighted by atomic mass is 9.78. The molecule has 2 aliphatic rings. The maximum atomic E-state index is 6.07. The minimum absolute atomic E-state index is 0.0145. The number of hydrogen-bond acceptors (Lipinski definition) is 8. The van der Waals surface area contributed by atoms with E-state index in [4.69, 9.17) is 34.3 Å². The van der Waals surface area contributed by atoms with E-state index in [2.05, 4.69) is 12.3 Å². The number of nitrogens with one attached hydrogen (secondary N) is 1. The highest BCUT2D eigenvalue weighted by Gasteiger charge is 2.38. The first-order valence-corrected chi connectivity index (χ1v) is 8.97. The van der Waals surface area contributed by atoms with Gasteiger partial charge in [-0.25, -0.2) is 5.43 Å². The van der Waals surface area contributed by atoms with Gasteiger partial charge in [0.2, 0.25) is 12.5 Å². The van der Waals surface area contributed by atoms with Crippen LogP contribution in [0.1, 0.15) is 24.0 Å². The summed E-state index contributed by atoms with van der Waals surface area (Å²) in [5.41, 5.74) is 4.74. The molecule has 2 heterocycles. The smallest absolute Gasteiger partial charge is 0.231 e. The molecule has 2 aromatic rings. The number of benzene rings is 2. The predicted octanol–water partition coefficient (Wildman–Crippen LogP) is 2.39. The first-order valence-electron chi connectivity index (χ1n) is 8.97. The Labute approximate surface area is 163 Å². The summed E-state index contributed by atoms with van der Waals surface area (Å²) in [6.45, 7) is 2.27. The number of methoxy groups -OCH3 is 3. The fourth-order valence-electron chi connectivity index (χ4n) is 3.94. The Bertz CT molecular complexity index is 862. The van der Waals surface area contributed by atoms with E-state index < -0.39 is 0 Å². The quantitative estimate of drug-likeness (QED) is 0.596. The van der Waals surface area contributed by atoms with Gasteiger partial charge in [0, 0.05) is 23.5 Å². The summed E-state index contributed by atoms with van der Waals surface area (Å²) in [7, 11) is 4.79. The Hall–Kier alpha value is -2.84. The molecule has 8 nitrogen and oxygen atoms in total. The van der Waals surface area contributed by atoms with Gasteiger partial charge in [0.25, 0.3) is 0 Å². The minimum Gasteiger partial charge on any atom is -0.493 e. The zero-order valence-corrected chi connectivity index (χ0v) is 16.3. The highest BCUT2D eigenvalue weighted by atomic mass is 16.7. The zero-order chi connectivity index (χ0) is 19.8. The van der Waals surface area contributed by atoms with Crippen LogP contribution in [-0.4, -0.2) is 34.4 Å². The van der Waals surface area contributed by atoms with Crippen LogP contribution in [0.4, 0.5) is 0 Å². The van der Waals surface area contributed by atoms with E-state index in [1.54, 1.807) is 21.3 Å². The number of hydrogen-bond donors (Lipinski definition) is 2. The molecule has 0 fully saturated rings. The molecule has 150 valence electrons. The molecule has 0 aromatic heterocycles. The first-order chi connectivity index (χ1) is 13.6. The molecule has 28 heavy (non-hydrogen) atoms. The standard InChI is InChI=1S/C20H24N2O6/c1-10-18(11-5-16(23-2)19(25-4)17(6-11)24-3)12-7-14-15(27-9-26-14)8-13(12)28-20(10)22-21/h5-8,10,18,20,22H,9,21H2,1-4H3/t10-,18+,20+/m1/s1. The van der Waals surface area contributed by atoms with E-state index in [0.29, 0.717) is 34.5 Å². The maximum Gasteiger partial charge on any atom is 0.231 e. The summed E-state index contributed by atoms with van der Waals surface area (Å²) >= 11 is 0. The van der Waals surface area contributed by atoms with E-state index in [0.717, 1.165) is 11.1 Å². The predicted molar refractivity (Wildman–Crippen MR) is 101 cm³/mol. The maximum absolute atomic E-state index is 6.07. The van der Waals surface area contributed by atoms with Crippen molar-refractivity contribution in [2.45, 2.75) is 19.1 Å². The summed E-state index contributed by atoms with van der Waals surface area (Å²) in [6.07, 6.45) is -0.378. The number of rotatable bonds is 5. The molecule has 0 amide bonds. The molecule has 0 unspecified atom stereocenters. The molecule has 4 rings (SSSR count). The largest absolute Gasteiger partial charge is 0.493 e. The van der Waals surface area contributed by atoms with Gasteiger partial charge in [-0.2, -0.15) is 0 Å². The van der Waals surface area contributed by atoms with Gasteiger partial charge in [-0.05, 0) is 23.8 Å². The Morgan fingerprint density at radius 3 is 2.14 bits per heavy atom. The third-order valence-corrected chi connectivity index (χ3v) is 5.31. The van der Waals surface area contributed by atoms with Crippen LogP contribution in [0.2, 0.25) is 0 Å². The van der Waals surface area contributed by atoms with Gasteiger partial charge in [-0.1, -0.05) is 6.92 Å². The molecule has 2 aromatic carbocycles. The first kappa shape index (κ1) is 18.5. The lowest BCUT2D eigenvalue weighted by Gasteiger charge is -2.38. The van der Waals surface area contributed by atoms with Gasteiger partial charge in [0.1, 0.15) is 5.75 Å². The molecule has 0 bridgehead atoms. The molecular weight excluding hydrogens is 364 g/mol. The Balaban J connectivity index is 1.89. The van der Waals surface area contributed by atoms with E-state index in [9.17, 15) is 0 Å². The third kappa shape index (κ3) is 2.85. The van der Waals surface area contributed by atoms with Crippen molar-refractivity contribution < 1.29 is 28.4 Å².